The molecule has 39 heavy (non-hydrogen) atoms. The minimum atomic E-state index is -0.589. The second-order valence-corrected chi connectivity index (χ2v) is 9.80. The van der Waals surface area contributed by atoms with Crippen molar-refractivity contribution < 1.29 is 23.9 Å². The Kier molecular flexibility index (Phi) is 9.66. The summed E-state index contributed by atoms with van der Waals surface area (Å²) in [5, 5.41) is 7.60. The van der Waals surface area contributed by atoms with Crippen molar-refractivity contribution >= 4 is 57.0 Å². The number of amides is 2. The van der Waals surface area contributed by atoms with E-state index in [1.165, 1.54) is 17.6 Å². The SMILES string of the molecule is CCCCOc1ccc(C(=O)NCC(=O)N/N=C/c2ccccc2OC(=O)c2sc3ccccc3c2Cl)cc1. The predicted octanol–water partition coefficient (Wildman–Crippen LogP) is 5.83. The summed E-state index contributed by atoms with van der Waals surface area (Å²) in [4.78, 5) is 37.6. The molecule has 0 atom stereocenters. The fourth-order valence-corrected chi connectivity index (χ4v) is 4.87. The number of carbonyl (C=O) groups is 3. The monoisotopic (exact) mass is 563 g/mol. The van der Waals surface area contributed by atoms with E-state index in [1.54, 1.807) is 48.5 Å². The van der Waals surface area contributed by atoms with E-state index in [0.717, 1.165) is 22.9 Å². The first kappa shape index (κ1) is 27.8. The highest BCUT2D eigenvalue weighted by Crippen LogP contribution is 2.36. The molecular formula is C29H26ClN3O5S. The van der Waals surface area contributed by atoms with Gasteiger partial charge in [0.25, 0.3) is 11.8 Å². The largest absolute Gasteiger partial charge is 0.494 e. The van der Waals surface area contributed by atoms with Crippen LogP contribution in [0.15, 0.2) is 77.9 Å². The van der Waals surface area contributed by atoms with Gasteiger partial charge in [0.1, 0.15) is 16.4 Å². The van der Waals surface area contributed by atoms with Crippen LogP contribution in [0.4, 0.5) is 0 Å². The number of benzene rings is 3. The van der Waals surface area contributed by atoms with Crippen molar-refractivity contribution in [1.29, 1.82) is 0 Å². The molecule has 4 rings (SSSR count). The molecule has 200 valence electrons. The first-order valence-electron chi connectivity index (χ1n) is 12.3. The standard InChI is InChI=1S/C29H26ClN3O5S/c1-2-3-16-37-21-14-12-19(13-15-21)28(35)31-18-25(34)33-32-17-20-8-4-6-10-23(20)38-29(36)27-26(30)22-9-5-7-11-24(22)39-27/h4-15,17H,2-3,16,18H2,1H3,(H,31,35)(H,33,34)/b32-17+. The number of unbranched alkanes of at least 4 members (excludes halogenated alkanes) is 1. The Morgan fingerprint density at radius 3 is 2.51 bits per heavy atom. The highest BCUT2D eigenvalue weighted by molar-refractivity contribution is 7.21. The van der Waals surface area contributed by atoms with Gasteiger partial charge in [0, 0.05) is 21.2 Å². The molecule has 0 aliphatic carbocycles. The number of nitrogens with one attached hydrogen (secondary N) is 2. The molecule has 0 aliphatic rings. The lowest BCUT2D eigenvalue weighted by Gasteiger charge is -2.08. The lowest BCUT2D eigenvalue weighted by Crippen LogP contribution is -2.34. The van der Waals surface area contributed by atoms with E-state index in [0.29, 0.717) is 33.4 Å². The van der Waals surface area contributed by atoms with E-state index in [9.17, 15) is 14.4 Å². The number of fused-ring (bicyclic) bond motifs is 1. The summed E-state index contributed by atoms with van der Waals surface area (Å²) in [7, 11) is 0. The molecule has 3 aromatic carbocycles. The summed E-state index contributed by atoms with van der Waals surface area (Å²) in [5.41, 5.74) is 3.22. The van der Waals surface area contributed by atoms with Crippen LogP contribution >= 0.6 is 22.9 Å². The van der Waals surface area contributed by atoms with Gasteiger partial charge in [-0.3, -0.25) is 9.59 Å². The van der Waals surface area contributed by atoms with Crippen LogP contribution in [0.25, 0.3) is 10.1 Å². The van der Waals surface area contributed by atoms with E-state index in [2.05, 4.69) is 22.8 Å². The number of halogens is 1. The Morgan fingerprint density at radius 1 is 1.00 bits per heavy atom. The third-order valence-corrected chi connectivity index (χ3v) is 7.18. The zero-order valence-electron chi connectivity index (χ0n) is 21.1. The molecule has 0 radical (unpaired) electrons. The molecule has 2 N–H and O–H groups in total. The van der Waals surface area contributed by atoms with E-state index in [-0.39, 0.29) is 12.3 Å². The Balaban J connectivity index is 1.29. The number of carbonyl (C=O) groups excluding carboxylic acids is 3. The summed E-state index contributed by atoms with van der Waals surface area (Å²) in [5.74, 6) is -0.569. The normalized spacial score (nSPS) is 10.9. The van der Waals surface area contributed by atoms with Crippen LogP contribution in [0, 0.1) is 0 Å². The van der Waals surface area contributed by atoms with E-state index < -0.39 is 17.8 Å². The van der Waals surface area contributed by atoms with E-state index in [1.807, 2.05) is 24.3 Å². The molecule has 0 unspecified atom stereocenters. The van der Waals surface area contributed by atoms with Crippen molar-refractivity contribution in [2.45, 2.75) is 19.8 Å². The van der Waals surface area contributed by atoms with Gasteiger partial charge in [-0.15, -0.1) is 11.3 Å². The number of hydrazone groups is 1. The average molecular weight is 564 g/mol. The summed E-state index contributed by atoms with van der Waals surface area (Å²) >= 11 is 7.65. The maximum atomic E-state index is 12.8. The zero-order valence-corrected chi connectivity index (χ0v) is 22.7. The van der Waals surface area contributed by atoms with Crippen LogP contribution in [0.1, 0.15) is 45.4 Å². The van der Waals surface area contributed by atoms with Crippen LogP contribution in [-0.4, -0.2) is 37.1 Å². The number of esters is 1. The van der Waals surface area contributed by atoms with Crippen LogP contribution in [-0.2, 0) is 4.79 Å². The van der Waals surface area contributed by atoms with Crippen molar-refractivity contribution in [1.82, 2.24) is 10.7 Å². The number of ether oxygens (including phenoxy) is 2. The Hall–Kier alpha value is -4.21. The summed E-state index contributed by atoms with van der Waals surface area (Å²) in [6.45, 7) is 2.43. The predicted molar refractivity (Wildman–Crippen MR) is 153 cm³/mol. The highest BCUT2D eigenvalue weighted by atomic mass is 35.5. The second kappa shape index (κ2) is 13.5. The van der Waals surface area contributed by atoms with Crippen molar-refractivity contribution in [3.63, 3.8) is 0 Å². The molecule has 0 spiro atoms. The van der Waals surface area contributed by atoms with Gasteiger partial charge in [0.05, 0.1) is 24.4 Å². The Bertz CT molecular complexity index is 1500. The molecule has 1 aromatic heterocycles. The zero-order chi connectivity index (χ0) is 27.6. The molecule has 8 nitrogen and oxygen atoms in total. The number of nitrogens with zero attached hydrogens (tertiary/aromatic N) is 1. The quantitative estimate of drug-likeness (QED) is 0.0784. The van der Waals surface area contributed by atoms with Crippen molar-refractivity contribution in [3.8, 4) is 11.5 Å². The number of rotatable bonds is 11. The molecule has 0 aliphatic heterocycles. The molecular weight excluding hydrogens is 538 g/mol. The van der Waals surface area contributed by atoms with Gasteiger partial charge in [0.15, 0.2) is 0 Å². The minimum Gasteiger partial charge on any atom is -0.494 e. The number of thiophene rings is 1. The molecule has 0 bridgehead atoms. The van der Waals surface area contributed by atoms with Crippen molar-refractivity contribution in [2.24, 2.45) is 5.10 Å². The summed E-state index contributed by atoms with van der Waals surface area (Å²) < 4.78 is 12.0. The fraction of sp³-hybridized carbons (Fsp3) is 0.172. The fourth-order valence-electron chi connectivity index (χ4n) is 3.48. The van der Waals surface area contributed by atoms with Gasteiger partial charge >= 0.3 is 5.97 Å². The molecule has 2 amide bonds. The van der Waals surface area contributed by atoms with Crippen molar-refractivity contribution in [3.05, 3.63) is 93.8 Å². The van der Waals surface area contributed by atoms with Crippen LogP contribution in [0.5, 0.6) is 11.5 Å². The lowest BCUT2D eigenvalue weighted by molar-refractivity contribution is -0.120. The van der Waals surface area contributed by atoms with E-state index in [4.69, 9.17) is 21.1 Å². The molecule has 0 fully saturated rings. The Morgan fingerprint density at radius 2 is 1.74 bits per heavy atom. The van der Waals surface area contributed by atoms with Crippen LogP contribution in [0.3, 0.4) is 0 Å². The maximum absolute atomic E-state index is 12.8. The summed E-state index contributed by atoms with van der Waals surface area (Å²) in [6.07, 6.45) is 3.35. The van der Waals surface area contributed by atoms with Crippen LogP contribution in [0.2, 0.25) is 5.02 Å². The maximum Gasteiger partial charge on any atom is 0.355 e. The minimum absolute atomic E-state index is 0.254. The molecule has 4 aromatic rings. The van der Waals surface area contributed by atoms with Gasteiger partial charge in [0.2, 0.25) is 0 Å². The van der Waals surface area contributed by atoms with Gasteiger partial charge in [-0.25, -0.2) is 10.2 Å². The second-order valence-electron chi connectivity index (χ2n) is 8.37. The topological polar surface area (TPSA) is 106 Å². The summed E-state index contributed by atoms with van der Waals surface area (Å²) in [6, 6.07) is 20.9. The third kappa shape index (κ3) is 7.43. The number of hydrogen-bond acceptors (Lipinski definition) is 7. The number of para-hydroxylation sites is 1. The number of hydrogen-bond donors (Lipinski definition) is 2. The highest BCUT2D eigenvalue weighted by Gasteiger charge is 2.19. The van der Waals surface area contributed by atoms with Gasteiger partial charge in [-0.1, -0.05) is 55.3 Å². The van der Waals surface area contributed by atoms with Crippen LogP contribution < -0.4 is 20.2 Å². The first-order valence-corrected chi connectivity index (χ1v) is 13.5. The van der Waals surface area contributed by atoms with Gasteiger partial charge in [-0.2, -0.15) is 5.10 Å². The molecule has 0 saturated carbocycles. The third-order valence-electron chi connectivity index (χ3n) is 5.53. The Labute approximate surface area is 234 Å². The smallest absolute Gasteiger partial charge is 0.355 e. The lowest BCUT2D eigenvalue weighted by atomic mass is 10.2. The first-order chi connectivity index (χ1) is 19.0. The molecule has 10 heteroatoms. The van der Waals surface area contributed by atoms with Gasteiger partial charge < -0.3 is 14.8 Å². The molecule has 1 heterocycles. The van der Waals surface area contributed by atoms with E-state index >= 15 is 0 Å². The van der Waals surface area contributed by atoms with Crippen molar-refractivity contribution in [2.75, 3.05) is 13.2 Å². The average Bonchev–Trinajstić information content (AvgIpc) is 3.29. The van der Waals surface area contributed by atoms with Gasteiger partial charge in [-0.05, 0) is 48.9 Å². The molecule has 0 saturated heterocycles.